The zero-order valence-electron chi connectivity index (χ0n) is 10.4. The standard InChI is InChI=1S/C14H19FN2S/c15-12-5-3-4-11(8-12)9-17(10-14(16)18)13-6-1-2-7-13/h3-5,8,13H,1-2,6-7,9-10H2,(H2,16,18). The minimum Gasteiger partial charge on any atom is -0.392 e. The van der Waals surface area contributed by atoms with Gasteiger partial charge in [-0.25, -0.2) is 4.39 Å². The first kappa shape index (κ1) is 13.4. The minimum absolute atomic E-state index is 0.186. The molecule has 1 aliphatic rings. The van der Waals surface area contributed by atoms with Crippen molar-refractivity contribution in [2.75, 3.05) is 6.54 Å². The number of halogens is 1. The highest BCUT2D eigenvalue weighted by Gasteiger charge is 2.23. The lowest BCUT2D eigenvalue weighted by Gasteiger charge is -2.28. The van der Waals surface area contributed by atoms with Gasteiger partial charge in [0.25, 0.3) is 0 Å². The maximum Gasteiger partial charge on any atom is 0.123 e. The summed E-state index contributed by atoms with van der Waals surface area (Å²) in [5.74, 6) is -0.186. The van der Waals surface area contributed by atoms with E-state index in [1.165, 1.54) is 31.7 Å². The molecular weight excluding hydrogens is 247 g/mol. The van der Waals surface area contributed by atoms with Crippen molar-refractivity contribution in [3.63, 3.8) is 0 Å². The largest absolute Gasteiger partial charge is 0.392 e. The molecule has 0 heterocycles. The van der Waals surface area contributed by atoms with Crippen molar-refractivity contribution in [2.45, 2.75) is 38.3 Å². The van der Waals surface area contributed by atoms with E-state index in [1.807, 2.05) is 6.07 Å². The lowest BCUT2D eigenvalue weighted by Crippen LogP contribution is -2.38. The molecule has 1 fully saturated rings. The van der Waals surface area contributed by atoms with E-state index < -0.39 is 0 Å². The summed E-state index contributed by atoms with van der Waals surface area (Å²) in [5, 5.41) is 0. The highest BCUT2D eigenvalue weighted by molar-refractivity contribution is 7.80. The van der Waals surface area contributed by atoms with Gasteiger partial charge in [0, 0.05) is 19.1 Å². The van der Waals surface area contributed by atoms with Gasteiger partial charge in [-0.3, -0.25) is 4.90 Å². The highest BCUT2D eigenvalue weighted by Crippen LogP contribution is 2.24. The monoisotopic (exact) mass is 266 g/mol. The first-order valence-corrected chi connectivity index (χ1v) is 6.83. The van der Waals surface area contributed by atoms with E-state index in [0.717, 1.165) is 12.1 Å². The van der Waals surface area contributed by atoms with Crippen LogP contribution >= 0.6 is 12.2 Å². The SMILES string of the molecule is NC(=S)CN(Cc1cccc(F)c1)C1CCCC1. The number of rotatable bonds is 5. The predicted molar refractivity (Wildman–Crippen MR) is 75.9 cm³/mol. The molecule has 1 aliphatic carbocycles. The first-order valence-electron chi connectivity index (χ1n) is 6.42. The lowest BCUT2D eigenvalue weighted by atomic mass is 10.1. The fourth-order valence-electron chi connectivity index (χ4n) is 2.65. The van der Waals surface area contributed by atoms with E-state index in [4.69, 9.17) is 18.0 Å². The number of thiocarbonyl (C=S) groups is 1. The molecule has 2 rings (SSSR count). The summed E-state index contributed by atoms with van der Waals surface area (Å²) >= 11 is 5.01. The summed E-state index contributed by atoms with van der Waals surface area (Å²) in [6, 6.07) is 7.29. The lowest BCUT2D eigenvalue weighted by molar-refractivity contribution is 0.218. The Morgan fingerprint density at radius 3 is 2.72 bits per heavy atom. The minimum atomic E-state index is -0.186. The zero-order valence-corrected chi connectivity index (χ0v) is 11.3. The second kappa shape index (κ2) is 6.25. The van der Waals surface area contributed by atoms with Gasteiger partial charge in [0.1, 0.15) is 5.82 Å². The predicted octanol–water partition coefficient (Wildman–Crippen LogP) is 2.86. The summed E-state index contributed by atoms with van der Waals surface area (Å²) in [4.78, 5) is 2.79. The molecule has 2 N–H and O–H groups in total. The van der Waals surface area contributed by atoms with E-state index in [9.17, 15) is 4.39 Å². The molecule has 1 saturated carbocycles. The van der Waals surface area contributed by atoms with Crippen LogP contribution in [0.1, 0.15) is 31.2 Å². The molecule has 18 heavy (non-hydrogen) atoms. The third-order valence-electron chi connectivity index (χ3n) is 3.47. The number of benzene rings is 1. The van der Waals surface area contributed by atoms with Crippen LogP contribution in [-0.2, 0) is 6.54 Å². The van der Waals surface area contributed by atoms with Crippen LogP contribution in [-0.4, -0.2) is 22.5 Å². The van der Waals surface area contributed by atoms with Crippen LogP contribution in [0.3, 0.4) is 0 Å². The van der Waals surface area contributed by atoms with Crippen molar-refractivity contribution in [2.24, 2.45) is 5.73 Å². The smallest absolute Gasteiger partial charge is 0.123 e. The van der Waals surface area contributed by atoms with Gasteiger partial charge in [-0.1, -0.05) is 37.2 Å². The zero-order chi connectivity index (χ0) is 13.0. The summed E-state index contributed by atoms with van der Waals surface area (Å²) < 4.78 is 13.2. The molecular formula is C14H19FN2S. The molecule has 98 valence electrons. The van der Waals surface area contributed by atoms with Gasteiger partial charge in [-0.2, -0.15) is 0 Å². The molecule has 1 aromatic carbocycles. The van der Waals surface area contributed by atoms with Gasteiger partial charge >= 0.3 is 0 Å². The fraction of sp³-hybridized carbons (Fsp3) is 0.500. The molecule has 1 aromatic rings. The Labute approximate surface area is 113 Å². The topological polar surface area (TPSA) is 29.3 Å². The Kier molecular flexibility index (Phi) is 4.66. The van der Waals surface area contributed by atoms with Crippen molar-refractivity contribution in [1.82, 2.24) is 4.90 Å². The first-order chi connectivity index (χ1) is 8.65. The summed E-state index contributed by atoms with van der Waals surface area (Å²) in [6.45, 7) is 1.34. The van der Waals surface area contributed by atoms with Crippen LogP contribution < -0.4 is 5.73 Å². The van der Waals surface area contributed by atoms with Crippen LogP contribution in [0, 0.1) is 5.82 Å². The quantitative estimate of drug-likeness (QED) is 0.831. The van der Waals surface area contributed by atoms with Gasteiger partial charge in [-0.15, -0.1) is 0 Å². The van der Waals surface area contributed by atoms with Gasteiger partial charge in [-0.05, 0) is 30.5 Å². The van der Waals surface area contributed by atoms with E-state index in [2.05, 4.69) is 4.90 Å². The second-order valence-electron chi connectivity index (χ2n) is 4.94. The number of hydrogen-bond donors (Lipinski definition) is 1. The molecule has 0 bridgehead atoms. The van der Waals surface area contributed by atoms with Crippen molar-refractivity contribution in [3.05, 3.63) is 35.6 Å². The van der Waals surface area contributed by atoms with Crippen molar-refractivity contribution < 1.29 is 4.39 Å². The fourth-order valence-corrected chi connectivity index (χ4v) is 2.82. The Hall–Kier alpha value is -1.00. The second-order valence-corrected chi connectivity index (χ2v) is 5.46. The maximum atomic E-state index is 13.2. The number of nitrogens with zero attached hydrogens (tertiary/aromatic N) is 1. The van der Waals surface area contributed by atoms with E-state index in [1.54, 1.807) is 12.1 Å². The van der Waals surface area contributed by atoms with Gasteiger partial charge in [0.15, 0.2) is 0 Å². The average Bonchev–Trinajstić information content (AvgIpc) is 2.80. The third-order valence-corrected chi connectivity index (χ3v) is 3.60. The maximum absolute atomic E-state index is 13.2. The molecule has 0 unspecified atom stereocenters. The Morgan fingerprint density at radius 1 is 1.39 bits per heavy atom. The summed E-state index contributed by atoms with van der Waals surface area (Å²) in [6.07, 6.45) is 4.92. The van der Waals surface area contributed by atoms with Gasteiger partial charge in [0.05, 0.1) is 4.99 Å². The van der Waals surface area contributed by atoms with Crippen LogP contribution in [0.25, 0.3) is 0 Å². The molecule has 0 atom stereocenters. The molecule has 4 heteroatoms. The summed E-state index contributed by atoms with van der Waals surface area (Å²) in [5.41, 5.74) is 6.64. The van der Waals surface area contributed by atoms with Gasteiger partial charge in [0.2, 0.25) is 0 Å². The molecule has 0 aromatic heterocycles. The van der Waals surface area contributed by atoms with Crippen molar-refractivity contribution in [1.29, 1.82) is 0 Å². The third kappa shape index (κ3) is 3.75. The highest BCUT2D eigenvalue weighted by atomic mass is 32.1. The normalized spacial score (nSPS) is 16.3. The molecule has 0 spiro atoms. The molecule has 0 radical (unpaired) electrons. The number of hydrogen-bond acceptors (Lipinski definition) is 2. The van der Waals surface area contributed by atoms with Crippen LogP contribution in [0.5, 0.6) is 0 Å². The Morgan fingerprint density at radius 2 is 2.11 bits per heavy atom. The van der Waals surface area contributed by atoms with Crippen molar-refractivity contribution in [3.8, 4) is 0 Å². The average molecular weight is 266 g/mol. The Bertz CT molecular complexity index is 416. The molecule has 0 aliphatic heterocycles. The van der Waals surface area contributed by atoms with E-state index in [0.29, 0.717) is 17.6 Å². The number of nitrogens with two attached hydrogens (primary N) is 1. The van der Waals surface area contributed by atoms with Gasteiger partial charge < -0.3 is 5.73 Å². The van der Waals surface area contributed by atoms with Crippen molar-refractivity contribution >= 4 is 17.2 Å². The molecule has 0 saturated heterocycles. The van der Waals surface area contributed by atoms with Crippen LogP contribution in [0.4, 0.5) is 4.39 Å². The van der Waals surface area contributed by atoms with E-state index in [-0.39, 0.29) is 5.82 Å². The molecule has 0 amide bonds. The Balaban J connectivity index is 2.06. The van der Waals surface area contributed by atoms with Crippen LogP contribution in [0.2, 0.25) is 0 Å². The molecule has 2 nitrogen and oxygen atoms in total. The van der Waals surface area contributed by atoms with E-state index >= 15 is 0 Å². The van der Waals surface area contributed by atoms with Crippen LogP contribution in [0.15, 0.2) is 24.3 Å². The summed E-state index contributed by atoms with van der Waals surface area (Å²) in [7, 11) is 0.